The van der Waals surface area contributed by atoms with Gasteiger partial charge in [-0.3, -0.25) is 4.79 Å². The minimum Gasteiger partial charge on any atom is -0.497 e. The Morgan fingerprint density at radius 1 is 1.03 bits per heavy atom. The van der Waals surface area contributed by atoms with Crippen LogP contribution in [-0.2, 0) is 4.79 Å². The number of methoxy groups -OCH3 is 3. The van der Waals surface area contributed by atoms with Crippen LogP contribution in [0.25, 0.3) is 0 Å². The summed E-state index contributed by atoms with van der Waals surface area (Å²) in [6.07, 6.45) is 0.392. The molecule has 1 aliphatic rings. The molecule has 1 fully saturated rings. The largest absolute Gasteiger partial charge is 0.497 e. The Morgan fingerprint density at radius 2 is 1.76 bits per heavy atom. The summed E-state index contributed by atoms with van der Waals surface area (Å²) in [4.78, 5) is 26.3. The number of urea groups is 1. The number of nitrogens with zero attached hydrogens (tertiary/aromatic N) is 1. The zero-order valence-corrected chi connectivity index (χ0v) is 16.7. The van der Waals surface area contributed by atoms with E-state index >= 15 is 0 Å². The maximum Gasteiger partial charge on any atom is 0.319 e. The Labute approximate surface area is 169 Å². The summed E-state index contributed by atoms with van der Waals surface area (Å²) in [5.74, 6) is 1.94. The molecule has 3 rings (SSSR count). The van der Waals surface area contributed by atoms with Crippen LogP contribution in [0.1, 0.15) is 6.42 Å². The third-order valence-corrected chi connectivity index (χ3v) is 4.78. The average molecular weight is 399 g/mol. The Morgan fingerprint density at radius 3 is 2.41 bits per heavy atom. The summed E-state index contributed by atoms with van der Waals surface area (Å²) in [6, 6.07) is 12.2. The van der Waals surface area contributed by atoms with E-state index in [0.29, 0.717) is 36.7 Å². The van der Waals surface area contributed by atoms with Crippen molar-refractivity contribution in [1.29, 1.82) is 0 Å². The van der Waals surface area contributed by atoms with E-state index in [2.05, 4.69) is 10.6 Å². The van der Waals surface area contributed by atoms with Gasteiger partial charge >= 0.3 is 6.03 Å². The van der Waals surface area contributed by atoms with Crippen LogP contribution in [0.4, 0.5) is 16.2 Å². The molecule has 154 valence electrons. The summed E-state index contributed by atoms with van der Waals surface area (Å²) in [5.41, 5.74) is 1.41. The van der Waals surface area contributed by atoms with E-state index < -0.39 is 0 Å². The van der Waals surface area contributed by atoms with Crippen LogP contribution in [-0.4, -0.2) is 46.4 Å². The van der Waals surface area contributed by atoms with Gasteiger partial charge in [-0.15, -0.1) is 0 Å². The van der Waals surface area contributed by atoms with Gasteiger partial charge < -0.3 is 29.7 Å². The monoisotopic (exact) mass is 399 g/mol. The van der Waals surface area contributed by atoms with Crippen LogP contribution in [0.15, 0.2) is 42.5 Å². The van der Waals surface area contributed by atoms with Crippen LogP contribution in [0.5, 0.6) is 17.2 Å². The van der Waals surface area contributed by atoms with Gasteiger partial charge in [0.1, 0.15) is 5.75 Å². The molecule has 0 spiro atoms. The molecule has 1 atom stereocenters. The first-order chi connectivity index (χ1) is 14.0. The third-order valence-electron chi connectivity index (χ3n) is 4.78. The zero-order valence-electron chi connectivity index (χ0n) is 16.7. The number of carbonyl (C=O) groups is 2. The number of ether oxygens (including phenoxy) is 3. The van der Waals surface area contributed by atoms with Crippen LogP contribution in [0.3, 0.4) is 0 Å². The molecule has 0 aromatic heterocycles. The summed E-state index contributed by atoms with van der Waals surface area (Å²) in [6.45, 7) is 0.958. The lowest BCUT2D eigenvalue weighted by atomic mass is 10.1. The van der Waals surface area contributed by atoms with Crippen molar-refractivity contribution >= 4 is 23.3 Å². The number of hydrogen-bond donors (Lipinski definition) is 2. The number of nitrogens with one attached hydrogen (secondary N) is 2. The summed E-state index contributed by atoms with van der Waals surface area (Å²) in [7, 11) is 4.69. The molecular formula is C21H25N3O5. The summed E-state index contributed by atoms with van der Waals surface area (Å²) in [5, 5.41) is 5.59. The van der Waals surface area contributed by atoms with Crippen molar-refractivity contribution in [3.05, 3.63) is 42.5 Å². The van der Waals surface area contributed by atoms with E-state index in [1.807, 2.05) is 24.3 Å². The van der Waals surface area contributed by atoms with Crippen LogP contribution in [0, 0.1) is 5.92 Å². The highest BCUT2D eigenvalue weighted by Gasteiger charge is 2.30. The number of amides is 3. The van der Waals surface area contributed by atoms with Gasteiger partial charge in [0, 0.05) is 42.9 Å². The zero-order chi connectivity index (χ0) is 20.8. The van der Waals surface area contributed by atoms with E-state index in [1.165, 1.54) is 7.11 Å². The van der Waals surface area contributed by atoms with Crippen molar-refractivity contribution in [1.82, 2.24) is 5.32 Å². The number of rotatable bonds is 7. The van der Waals surface area contributed by atoms with Gasteiger partial charge in [-0.25, -0.2) is 4.79 Å². The van der Waals surface area contributed by atoms with Gasteiger partial charge in [0.25, 0.3) is 0 Å². The van der Waals surface area contributed by atoms with Gasteiger partial charge in [0.15, 0.2) is 11.5 Å². The molecule has 3 amide bonds. The van der Waals surface area contributed by atoms with Crippen LogP contribution in [0.2, 0.25) is 0 Å². The van der Waals surface area contributed by atoms with E-state index in [-0.39, 0.29) is 17.9 Å². The molecule has 1 heterocycles. The Kier molecular flexibility index (Phi) is 6.43. The Hall–Kier alpha value is -3.42. The maximum absolute atomic E-state index is 12.3. The van der Waals surface area contributed by atoms with Crippen molar-refractivity contribution in [2.24, 2.45) is 5.92 Å². The molecule has 2 aromatic rings. The molecule has 0 saturated carbocycles. The van der Waals surface area contributed by atoms with E-state index in [0.717, 1.165) is 11.4 Å². The fraction of sp³-hybridized carbons (Fsp3) is 0.333. The van der Waals surface area contributed by atoms with E-state index in [4.69, 9.17) is 14.2 Å². The van der Waals surface area contributed by atoms with Gasteiger partial charge in [-0.2, -0.15) is 0 Å². The molecule has 2 aromatic carbocycles. The number of carbonyl (C=O) groups excluding carboxylic acids is 2. The fourth-order valence-corrected chi connectivity index (χ4v) is 3.26. The van der Waals surface area contributed by atoms with Crippen LogP contribution < -0.4 is 29.7 Å². The van der Waals surface area contributed by atoms with Gasteiger partial charge in [0.2, 0.25) is 5.91 Å². The highest BCUT2D eigenvalue weighted by molar-refractivity contribution is 5.96. The minimum atomic E-state index is -0.340. The number of hydrogen-bond acceptors (Lipinski definition) is 5. The molecule has 0 bridgehead atoms. The summed E-state index contributed by atoms with van der Waals surface area (Å²) >= 11 is 0. The maximum atomic E-state index is 12.3. The SMILES string of the molecule is COc1ccc(N2CC(CNC(=O)Nc3ccc(OC)c(OC)c3)CC2=O)cc1. The quantitative estimate of drug-likeness (QED) is 0.747. The highest BCUT2D eigenvalue weighted by atomic mass is 16.5. The molecule has 0 radical (unpaired) electrons. The normalized spacial score (nSPS) is 15.8. The van der Waals surface area contributed by atoms with Crippen molar-refractivity contribution in [3.8, 4) is 17.2 Å². The minimum absolute atomic E-state index is 0.0424. The van der Waals surface area contributed by atoms with E-state index in [9.17, 15) is 9.59 Å². The molecule has 8 heteroatoms. The first-order valence-corrected chi connectivity index (χ1v) is 9.25. The smallest absolute Gasteiger partial charge is 0.319 e. The first-order valence-electron chi connectivity index (χ1n) is 9.25. The van der Waals surface area contributed by atoms with Crippen LogP contribution >= 0.6 is 0 Å². The average Bonchev–Trinajstić information content (AvgIpc) is 3.12. The second-order valence-corrected chi connectivity index (χ2v) is 6.68. The van der Waals surface area contributed by atoms with Crippen molar-refractivity contribution in [3.63, 3.8) is 0 Å². The van der Waals surface area contributed by atoms with Gasteiger partial charge in [-0.1, -0.05) is 0 Å². The van der Waals surface area contributed by atoms with Crippen molar-refractivity contribution in [2.75, 3.05) is 44.6 Å². The lowest BCUT2D eigenvalue weighted by Gasteiger charge is -2.17. The Balaban J connectivity index is 1.52. The van der Waals surface area contributed by atoms with Crippen molar-refractivity contribution in [2.45, 2.75) is 6.42 Å². The molecule has 1 unspecified atom stereocenters. The fourth-order valence-electron chi connectivity index (χ4n) is 3.26. The predicted molar refractivity (Wildman–Crippen MR) is 110 cm³/mol. The molecular weight excluding hydrogens is 374 g/mol. The van der Waals surface area contributed by atoms with Gasteiger partial charge in [0.05, 0.1) is 21.3 Å². The van der Waals surface area contributed by atoms with Gasteiger partial charge in [-0.05, 0) is 36.4 Å². The molecule has 0 aliphatic carbocycles. The standard InChI is InChI=1S/C21H25N3O5/c1-27-17-7-5-16(6-8-17)24-13-14(10-20(24)25)12-22-21(26)23-15-4-9-18(28-2)19(11-15)29-3/h4-9,11,14H,10,12-13H2,1-3H3,(H2,22,23,26). The molecule has 29 heavy (non-hydrogen) atoms. The summed E-state index contributed by atoms with van der Waals surface area (Å²) < 4.78 is 15.6. The third kappa shape index (κ3) is 4.90. The van der Waals surface area contributed by atoms with E-state index in [1.54, 1.807) is 37.3 Å². The molecule has 2 N–H and O–H groups in total. The highest BCUT2D eigenvalue weighted by Crippen LogP contribution is 2.30. The Bertz CT molecular complexity index is 869. The number of benzene rings is 2. The molecule has 8 nitrogen and oxygen atoms in total. The number of anilines is 2. The topological polar surface area (TPSA) is 89.1 Å². The molecule has 1 aliphatic heterocycles. The van der Waals surface area contributed by atoms with Crippen molar-refractivity contribution < 1.29 is 23.8 Å². The lowest BCUT2D eigenvalue weighted by molar-refractivity contribution is -0.117. The second kappa shape index (κ2) is 9.18. The predicted octanol–water partition coefficient (Wildman–Crippen LogP) is 2.89. The lowest BCUT2D eigenvalue weighted by Crippen LogP contribution is -2.34. The molecule has 1 saturated heterocycles. The second-order valence-electron chi connectivity index (χ2n) is 6.68. The first kappa shape index (κ1) is 20.3.